The molecule has 2 aromatic rings. The molecular weight excluding hydrogens is 462 g/mol. The first-order chi connectivity index (χ1) is 11.0. The minimum Gasteiger partial charge on any atom is -0.356 e. The van der Waals surface area contributed by atoms with Crippen molar-refractivity contribution in [3.8, 4) is 0 Å². The molecular formula is C15H21Cl2IN6. The van der Waals surface area contributed by atoms with Crippen LogP contribution in [0.1, 0.15) is 24.2 Å². The molecule has 0 spiro atoms. The van der Waals surface area contributed by atoms with Crippen LogP contribution in [0.5, 0.6) is 0 Å². The topological polar surface area (TPSA) is 67.1 Å². The van der Waals surface area contributed by atoms with Gasteiger partial charge >= 0.3 is 0 Å². The molecule has 0 saturated carbocycles. The second-order valence-electron chi connectivity index (χ2n) is 5.14. The molecule has 0 aliphatic rings. The molecule has 2 N–H and O–H groups in total. The van der Waals surface area contributed by atoms with Crippen LogP contribution < -0.4 is 10.6 Å². The monoisotopic (exact) mass is 482 g/mol. The zero-order valence-corrected chi connectivity index (χ0v) is 17.6. The minimum atomic E-state index is 0. The summed E-state index contributed by atoms with van der Waals surface area (Å²) in [6.07, 6.45) is 1.52. The van der Waals surface area contributed by atoms with Crippen LogP contribution in [0.4, 0.5) is 0 Å². The molecule has 132 valence electrons. The Morgan fingerprint density at radius 2 is 1.96 bits per heavy atom. The third-order valence-corrected chi connectivity index (χ3v) is 4.17. The molecule has 1 atom stereocenters. The molecule has 0 aliphatic carbocycles. The number of nitrogens with one attached hydrogen (secondary N) is 2. The Morgan fingerprint density at radius 1 is 1.29 bits per heavy atom. The van der Waals surface area contributed by atoms with Gasteiger partial charge in [-0.2, -0.15) is 5.10 Å². The Kier molecular flexibility index (Phi) is 8.79. The highest BCUT2D eigenvalue weighted by Crippen LogP contribution is 2.30. The van der Waals surface area contributed by atoms with Gasteiger partial charge in [0.25, 0.3) is 0 Å². The maximum absolute atomic E-state index is 6.24. The number of guanidine groups is 1. The van der Waals surface area contributed by atoms with Gasteiger partial charge in [0.2, 0.25) is 0 Å². The van der Waals surface area contributed by atoms with E-state index in [1.165, 1.54) is 6.33 Å². The fourth-order valence-electron chi connectivity index (χ4n) is 2.20. The van der Waals surface area contributed by atoms with E-state index in [1.54, 1.807) is 11.7 Å². The lowest BCUT2D eigenvalue weighted by molar-refractivity contribution is 0.661. The van der Waals surface area contributed by atoms with E-state index in [1.807, 2.05) is 25.2 Å². The summed E-state index contributed by atoms with van der Waals surface area (Å²) in [7, 11) is 3.57. The fourth-order valence-corrected chi connectivity index (χ4v) is 2.97. The van der Waals surface area contributed by atoms with Crippen molar-refractivity contribution in [3.05, 3.63) is 46.0 Å². The summed E-state index contributed by atoms with van der Waals surface area (Å²) >= 11 is 12.5. The van der Waals surface area contributed by atoms with Crippen molar-refractivity contribution in [1.82, 2.24) is 25.4 Å². The highest BCUT2D eigenvalue weighted by Gasteiger charge is 2.14. The average molecular weight is 483 g/mol. The van der Waals surface area contributed by atoms with E-state index >= 15 is 0 Å². The molecule has 6 nitrogen and oxygen atoms in total. The van der Waals surface area contributed by atoms with Crippen LogP contribution in [0.15, 0.2) is 29.5 Å². The Balaban J connectivity index is 0.00000288. The third-order valence-electron chi connectivity index (χ3n) is 3.51. The van der Waals surface area contributed by atoms with Crippen molar-refractivity contribution in [2.45, 2.75) is 19.4 Å². The number of hydrogen-bond donors (Lipinski definition) is 2. The first kappa shape index (κ1) is 21.0. The van der Waals surface area contributed by atoms with Crippen molar-refractivity contribution in [2.24, 2.45) is 12.0 Å². The normalized spacial score (nSPS) is 12.5. The quantitative estimate of drug-likeness (QED) is 0.390. The van der Waals surface area contributed by atoms with Crippen LogP contribution in [0.25, 0.3) is 0 Å². The summed E-state index contributed by atoms with van der Waals surface area (Å²) in [6.45, 7) is 3.26. The molecule has 9 heteroatoms. The van der Waals surface area contributed by atoms with Gasteiger partial charge in [-0.3, -0.25) is 9.67 Å². The van der Waals surface area contributed by atoms with Crippen LogP contribution >= 0.6 is 47.2 Å². The van der Waals surface area contributed by atoms with E-state index in [2.05, 4.69) is 32.6 Å². The van der Waals surface area contributed by atoms with E-state index in [9.17, 15) is 0 Å². The molecule has 1 aromatic heterocycles. The van der Waals surface area contributed by atoms with Crippen molar-refractivity contribution < 1.29 is 0 Å². The summed E-state index contributed by atoms with van der Waals surface area (Å²) in [5, 5.41) is 11.8. The van der Waals surface area contributed by atoms with Gasteiger partial charge in [0.15, 0.2) is 5.96 Å². The lowest BCUT2D eigenvalue weighted by Gasteiger charge is -2.18. The van der Waals surface area contributed by atoms with E-state index in [0.717, 1.165) is 11.4 Å². The van der Waals surface area contributed by atoms with Gasteiger partial charge in [-0.1, -0.05) is 36.2 Å². The number of rotatable bonds is 5. The van der Waals surface area contributed by atoms with E-state index in [-0.39, 0.29) is 29.9 Å². The first-order valence-electron chi connectivity index (χ1n) is 7.24. The molecule has 0 bridgehead atoms. The number of hydrogen-bond acceptors (Lipinski definition) is 3. The summed E-state index contributed by atoms with van der Waals surface area (Å²) in [4.78, 5) is 8.36. The molecule has 1 aromatic carbocycles. The zero-order chi connectivity index (χ0) is 16.8. The van der Waals surface area contributed by atoms with Gasteiger partial charge in [-0.05, 0) is 17.7 Å². The number of aliphatic imine (C=N–C) groups is 1. The molecule has 24 heavy (non-hydrogen) atoms. The van der Waals surface area contributed by atoms with Crippen molar-refractivity contribution >= 4 is 53.1 Å². The highest BCUT2D eigenvalue weighted by molar-refractivity contribution is 14.0. The SMILES string of the molecule is CN=C(NCc1ncnn1C)NCC(C)c1c(Cl)cccc1Cl.I. The minimum absolute atomic E-state index is 0. The molecule has 0 aliphatic heterocycles. The van der Waals surface area contributed by atoms with Crippen molar-refractivity contribution in [3.63, 3.8) is 0 Å². The smallest absolute Gasteiger partial charge is 0.191 e. The van der Waals surface area contributed by atoms with Gasteiger partial charge in [-0.25, -0.2) is 4.98 Å². The summed E-state index contributed by atoms with van der Waals surface area (Å²) in [6, 6.07) is 5.54. The van der Waals surface area contributed by atoms with Gasteiger partial charge in [0.1, 0.15) is 12.2 Å². The van der Waals surface area contributed by atoms with Crippen molar-refractivity contribution in [1.29, 1.82) is 0 Å². The molecule has 0 fully saturated rings. The van der Waals surface area contributed by atoms with E-state index in [4.69, 9.17) is 23.2 Å². The molecule has 2 rings (SSSR count). The Morgan fingerprint density at radius 3 is 2.50 bits per heavy atom. The molecule has 1 heterocycles. The lowest BCUT2D eigenvalue weighted by atomic mass is 10.0. The lowest BCUT2D eigenvalue weighted by Crippen LogP contribution is -2.39. The van der Waals surface area contributed by atoms with Crippen LogP contribution in [0, 0.1) is 0 Å². The Bertz CT molecular complexity index is 668. The maximum Gasteiger partial charge on any atom is 0.191 e. The predicted octanol–water partition coefficient (Wildman–Crippen LogP) is 3.21. The van der Waals surface area contributed by atoms with Crippen LogP contribution in [-0.2, 0) is 13.6 Å². The predicted molar refractivity (Wildman–Crippen MR) is 109 cm³/mol. The Labute approximate surface area is 169 Å². The average Bonchev–Trinajstić information content (AvgIpc) is 2.92. The second-order valence-corrected chi connectivity index (χ2v) is 5.96. The molecule has 1 unspecified atom stereocenters. The van der Waals surface area contributed by atoms with Crippen LogP contribution in [-0.4, -0.2) is 34.3 Å². The summed E-state index contributed by atoms with van der Waals surface area (Å²) in [5.74, 6) is 1.66. The van der Waals surface area contributed by atoms with E-state index < -0.39 is 0 Å². The number of benzene rings is 1. The number of halogens is 3. The maximum atomic E-state index is 6.24. The highest BCUT2D eigenvalue weighted by atomic mass is 127. The van der Waals surface area contributed by atoms with E-state index in [0.29, 0.717) is 29.1 Å². The molecule has 0 radical (unpaired) electrons. The second kappa shape index (κ2) is 10.0. The first-order valence-corrected chi connectivity index (χ1v) is 7.99. The Hall–Kier alpha value is -1.06. The standard InChI is InChI=1S/C15H20Cl2N6.HI/c1-10(14-11(16)5-4-6-12(14)17)7-19-15(18-2)20-8-13-21-9-22-23(13)3;/h4-6,9-10H,7-8H2,1-3H3,(H2,18,19,20);1H. The number of aryl methyl sites for hydroxylation is 1. The molecule has 0 amide bonds. The van der Waals surface area contributed by atoms with Gasteiger partial charge in [0.05, 0.1) is 6.54 Å². The summed E-state index contributed by atoms with van der Waals surface area (Å²) in [5.41, 5.74) is 0.937. The summed E-state index contributed by atoms with van der Waals surface area (Å²) < 4.78 is 1.71. The van der Waals surface area contributed by atoms with Crippen LogP contribution in [0.3, 0.4) is 0 Å². The third kappa shape index (κ3) is 5.49. The largest absolute Gasteiger partial charge is 0.356 e. The molecule has 0 saturated heterocycles. The zero-order valence-electron chi connectivity index (χ0n) is 13.8. The van der Waals surface area contributed by atoms with Gasteiger partial charge in [-0.15, -0.1) is 24.0 Å². The van der Waals surface area contributed by atoms with Crippen LogP contribution in [0.2, 0.25) is 10.0 Å². The fraction of sp³-hybridized carbons (Fsp3) is 0.400. The van der Waals surface area contributed by atoms with Gasteiger partial charge < -0.3 is 10.6 Å². The number of nitrogens with zero attached hydrogens (tertiary/aromatic N) is 4. The number of aromatic nitrogens is 3. The van der Waals surface area contributed by atoms with Crippen molar-refractivity contribution in [2.75, 3.05) is 13.6 Å². The van der Waals surface area contributed by atoms with Gasteiger partial charge in [0, 0.05) is 36.6 Å².